The number of sulfonamides is 2. The molecule has 0 saturated carbocycles. The van der Waals surface area contributed by atoms with Gasteiger partial charge in [0.1, 0.15) is 11.6 Å². The van der Waals surface area contributed by atoms with Crippen molar-refractivity contribution in [1.82, 2.24) is 0 Å². The second kappa shape index (κ2) is 12.3. The summed E-state index contributed by atoms with van der Waals surface area (Å²) in [6.45, 7) is 4.11. The number of unbranched alkanes of at least 4 members (excludes halogenated alkanes) is 4. The number of hydrogen-bond donors (Lipinski definition) is 0. The molecule has 0 N–H and O–H groups in total. The monoisotopic (exact) mass is 502 g/mol. The topological polar surface area (TPSA) is 74.8 Å². The first-order chi connectivity index (χ1) is 15.6. The summed E-state index contributed by atoms with van der Waals surface area (Å²) in [6.07, 6.45) is 4.30. The number of nitrogens with zero attached hydrogens (tertiary/aromatic N) is 2. The Balaban J connectivity index is 2.38. The van der Waals surface area contributed by atoms with Crippen LogP contribution < -0.4 is 8.61 Å². The van der Waals surface area contributed by atoms with Crippen LogP contribution in [0.3, 0.4) is 0 Å². The fraction of sp³-hybridized carbons (Fsp3) is 0.478. The highest BCUT2D eigenvalue weighted by Crippen LogP contribution is 2.25. The van der Waals surface area contributed by atoms with Crippen LogP contribution in [0.15, 0.2) is 48.5 Å². The van der Waals surface area contributed by atoms with Crippen molar-refractivity contribution in [3.63, 3.8) is 0 Å². The molecule has 0 aliphatic heterocycles. The SMILES string of the molecule is CCCCCN(c1ccc(F)cc1)S(=O)(=O)CS(=O)(=O)N(CCCCC)c1ccc(F)cc1. The van der Waals surface area contributed by atoms with E-state index in [0.29, 0.717) is 12.8 Å². The van der Waals surface area contributed by atoms with E-state index in [1.807, 2.05) is 13.8 Å². The van der Waals surface area contributed by atoms with Gasteiger partial charge in [0.25, 0.3) is 20.0 Å². The number of anilines is 2. The largest absolute Gasteiger partial charge is 0.269 e. The standard InChI is InChI=1S/C23H32F2N2O4S2/c1-3-5-7-17-26(22-13-9-20(24)10-14-22)32(28,29)19-33(30,31)27(18-8-6-4-2)23-15-11-21(25)12-16-23/h9-16H,3-8,17-19H2,1-2H3. The van der Waals surface area contributed by atoms with Gasteiger partial charge in [-0.3, -0.25) is 8.61 Å². The molecule has 2 aromatic rings. The molecule has 0 fully saturated rings. The highest BCUT2D eigenvalue weighted by molar-refractivity contribution is 8.09. The fourth-order valence-electron chi connectivity index (χ4n) is 3.40. The fourth-order valence-corrected chi connectivity index (χ4v) is 7.62. The summed E-state index contributed by atoms with van der Waals surface area (Å²) < 4.78 is 82.1. The van der Waals surface area contributed by atoms with Gasteiger partial charge < -0.3 is 0 Å². The molecule has 0 aliphatic carbocycles. The molecule has 2 aromatic carbocycles. The van der Waals surface area contributed by atoms with Gasteiger partial charge in [0.2, 0.25) is 0 Å². The van der Waals surface area contributed by atoms with E-state index in [2.05, 4.69) is 0 Å². The Labute approximate surface area is 196 Å². The molecule has 0 saturated heterocycles. The lowest BCUT2D eigenvalue weighted by Gasteiger charge is -2.28. The summed E-state index contributed by atoms with van der Waals surface area (Å²) in [5.41, 5.74) is 0.420. The summed E-state index contributed by atoms with van der Waals surface area (Å²) in [5, 5.41) is -1.15. The molecule has 0 atom stereocenters. The van der Waals surface area contributed by atoms with Crippen molar-refractivity contribution in [3.05, 3.63) is 60.2 Å². The molecule has 0 aliphatic rings. The van der Waals surface area contributed by atoms with E-state index in [1.54, 1.807) is 0 Å². The molecular formula is C23H32F2N2O4S2. The van der Waals surface area contributed by atoms with Gasteiger partial charge in [-0.2, -0.15) is 0 Å². The van der Waals surface area contributed by atoms with Gasteiger partial charge >= 0.3 is 0 Å². The molecule has 0 heterocycles. The average Bonchev–Trinajstić information content (AvgIpc) is 2.75. The summed E-state index contributed by atoms with van der Waals surface area (Å²) in [6, 6.07) is 9.86. The quantitative estimate of drug-likeness (QED) is 0.330. The maximum atomic E-state index is 13.4. The van der Waals surface area contributed by atoms with Crippen molar-refractivity contribution in [2.24, 2.45) is 0 Å². The minimum Gasteiger partial charge on any atom is -0.269 e. The molecule has 0 aromatic heterocycles. The molecule has 0 radical (unpaired) electrons. The van der Waals surface area contributed by atoms with Crippen LogP contribution >= 0.6 is 0 Å². The summed E-state index contributed by atoms with van der Waals surface area (Å²) in [7, 11) is -8.62. The normalized spacial score (nSPS) is 12.0. The summed E-state index contributed by atoms with van der Waals surface area (Å²) in [4.78, 5) is 0. The molecule has 33 heavy (non-hydrogen) atoms. The first-order valence-electron chi connectivity index (χ1n) is 11.1. The Morgan fingerprint density at radius 1 is 0.606 bits per heavy atom. The van der Waals surface area contributed by atoms with Crippen LogP contribution in [-0.4, -0.2) is 35.0 Å². The molecule has 0 unspecified atom stereocenters. The van der Waals surface area contributed by atoms with Crippen molar-refractivity contribution < 1.29 is 25.6 Å². The maximum Gasteiger partial charge on any atom is 0.251 e. The molecular weight excluding hydrogens is 470 g/mol. The van der Waals surface area contributed by atoms with Crippen molar-refractivity contribution >= 4 is 31.4 Å². The van der Waals surface area contributed by atoms with Crippen LogP contribution in [0.5, 0.6) is 0 Å². The predicted octanol–water partition coefficient (Wildman–Crippen LogP) is 5.28. The van der Waals surface area contributed by atoms with Crippen LogP contribution in [-0.2, 0) is 20.0 Å². The number of halogens is 2. The first-order valence-corrected chi connectivity index (χ1v) is 14.3. The summed E-state index contributed by atoms with van der Waals surface area (Å²) in [5.74, 6) is -1.04. The molecule has 10 heteroatoms. The van der Waals surface area contributed by atoms with Crippen LogP contribution in [0.1, 0.15) is 52.4 Å². The van der Waals surface area contributed by atoms with E-state index in [9.17, 15) is 25.6 Å². The van der Waals surface area contributed by atoms with Gasteiger partial charge in [-0.1, -0.05) is 39.5 Å². The number of hydrogen-bond acceptors (Lipinski definition) is 4. The highest BCUT2D eigenvalue weighted by atomic mass is 32.3. The second-order valence-electron chi connectivity index (χ2n) is 7.85. The van der Waals surface area contributed by atoms with Gasteiger partial charge in [-0.15, -0.1) is 0 Å². The van der Waals surface area contributed by atoms with Crippen molar-refractivity contribution in [2.45, 2.75) is 52.4 Å². The van der Waals surface area contributed by atoms with Gasteiger partial charge in [0.05, 0.1) is 11.4 Å². The van der Waals surface area contributed by atoms with E-state index < -0.39 is 36.8 Å². The maximum absolute atomic E-state index is 13.4. The number of rotatable bonds is 14. The predicted molar refractivity (Wildman–Crippen MR) is 129 cm³/mol. The third kappa shape index (κ3) is 7.96. The van der Waals surface area contributed by atoms with Crippen molar-refractivity contribution in [2.75, 3.05) is 26.8 Å². The first kappa shape index (κ1) is 27.0. The van der Waals surface area contributed by atoms with Gasteiger partial charge in [0.15, 0.2) is 5.08 Å². The Morgan fingerprint density at radius 3 is 1.24 bits per heavy atom. The zero-order valence-corrected chi connectivity index (χ0v) is 20.7. The molecule has 2 rings (SSSR count). The third-order valence-corrected chi connectivity index (χ3v) is 9.64. The Hall–Kier alpha value is -2.20. The smallest absolute Gasteiger partial charge is 0.251 e. The molecule has 0 amide bonds. The zero-order chi connectivity index (χ0) is 24.5. The van der Waals surface area contributed by atoms with E-state index in [0.717, 1.165) is 58.6 Å². The second-order valence-corrected chi connectivity index (χ2v) is 12.0. The Morgan fingerprint density at radius 2 is 0.939 bits per heavy atom. The molecule has 6 nitrogen and oxygen atoms in total. The van der Waals surface area contributed by atoms with Crippen LogP contribution in [0.25, 0.3) is 0 Å². The molecule has 184 valence electrons. The molecule has 0 bridgehead atoms. The van der Waals surface area contributed by atoms with E-state index in [4.69, 9.17) is 0 Å². The Kier molecular flexibility index (Phi) is 10.1. The lowest BCUT2D eigenvalue weighted by atomic mass is 10.2. The van der Waals surface area contributed by atoms with Crippen LogP contribution in [0, 0.1) is 11.6 Å². The molecule has 0 spiro atoms. The minimum atomic E-state index is -4.31. The van der Waals surface area contributed by atoms with Crippen molar-refractivity contribution in [3.8, 4) is 0 Å². The number of benzene rings is 2. The highest BCUT2D eigenvalue weighted by Gasteiger charge is 2.33. The third-order valence-electron chi connectivity index (χ3n) is 5.13. The Bertz CT molecular complexity index is 987. The van der Waals surface area contributed by atoms with Crippen LogP contribution in [0.2, 0.25) is 0 Å². The lowest BCUT2D eigenvalue weighted by molar-refractivity contribution is 0.579. The van der Waals surface area contributed by atoms with E-state index in [1.165, 1.54) is 24.3 Å². The van der Waals surface area contributed by atoms with E-state index >= 15 is 0 Å². The minimum absolute atomic E-state index is 0.0870. The van der Waals surface area contributed by atoms with Gasteiger partial charge in [-0.25, -0.2) is 25.6 Å². The van der Waals surface area contributed by atoms with Crippen molar-refractivity contribution in [1.29, 1.82) is 0 Å². The van der Waals surface area contributed by atoms with Gasteiger partial charge in [0, 0.05) is 13.1 Å². The van der Waals surface area contributed by atoms with Crippen LogP contribution in [0.4, 0.5) is 20.2 Å². The average molecular weight is 503 g/mol. The lowest BCUT2D eigenvalue weighted by Crippen LogP contribution is -2.42. The van der Waals surface area contributed by atoms with Gasteiger partial charge in [-0.05, 0) is 61.4 Å². The van der Waals surface area contributed by atoms with E-state index in [-0.39, 0.29) is 24.5 Å². The summed E-state index contributed by atoms with van der Waals surface area (Å²) >= 11 is 0. The zero-order valence-electron chi connectivity index (χ0n) is 19.1.